The van der Waals surface area contributed by atoms with E-state index in [1.807, 2.05) is 25.1 Å². The molecule has 2 aromatic heterocycles. The van der Waals surface area contributed by atoms with Crippen LogP contribution < -0.4 is 5.32 Å². The minimum atomic E-state index is -3.74. The summed E-state index contributed by atoms with van der Waals surface area (Å²) in [6.07, 6.45) is 3.95. The lowest BCUT2D eigenvalue weighted by Crippen LogP contribution is -2.41. The second-order valence-electron chi connectivity index (χ2n) is 7.82. The van der Waals surface area contributed by atoms with E-state index >= 15 is 0 Å². The Morgan fingerprint density at radius 1 is 1.16 bits per heavy atom. The average molecular weight is 474 g/mol. The summed E-state index contributed by atoms with van der Waals surface area (Å²) in [5, 5.41) is 7.23. The van der Waals surface area contributed by atoms with Crippen LogP contribution in [0, 0.1) is 12.8 Å². The van der Waals surface area contributed by atoms with E-state index in [1.165, 1.54) is 16.6 Å². The smallest absolute Gasteiger partial charge is 0.246 e. The number of nitrogens with zero attached hydrogens (tertiary/aromatic N) is 4. The molecule has 0 aliphatic carbocycles. The van der Waals surface area contributed by atoms with Gasteiger partial charge in [-0.2, -0.15) is 9.40 Å². The minimum absolute atomic E-state index is 0.00961. The molecule has 10 heteroatoms. The van der Waals surface area contributed by atoms with E-state index in [9.17, 15) is 13.2 Å². The highest BCUT2D eigenvalue weighted by Gasteiger charge is 2.33. The highest BCUT2D eigenvalue weighted by molar-refractivity contribution is 7.89. The van der Waals surface area contributed by atoms with Crippen molar-refractivity contribution in [3.63, 3.8) is 0 Å². The van der Waals surface area contributed by atoms with Crippen LogP contribution in [0.3, 0.4) is 0 Å². The third-order valence-electron chi connectivity index (χ3n) is 5.55. The Bertz CT molecular complexity index is 1220. The number of halogens is 1. The van der Waals surface area contributed by atoms with Crippen molar-refractivity contribution >= 4 is 33.3 Å². The molecule has 3 heterocycles. The SMILES string of the molecule is Cc1cccc(Cn2nccc2NC(=O)C2CCN(S(=O)(=O)c3cccnc3Cl)CC2)c1. The van der Waals surface area contributed by atoms with E-state index in [2.05, 4.69) is 21.5 Å². The number of hydrogen-bond donors (Lipinski definition) is 1. The summed E-state index contributed by atoms with van der Waals surface area (Å²) in [6, 6.07) is 12.9. The quantitative estimate of drug-likeness (QED) is 0.554. The van der Waals surface area contributed by atoms with E-state index in [-0.39, 0.29) is 35.0 Å². The minimum Gasteiger partial charge on any atom is -0.311 e. The Hall–Kier alpha value is -2.75. The first-order valence-electron chi connectivity index (χ1n) is 10.3. The summed E-state index contributed by atoms with van der Waals surface area (Å²) >= 11 is 5.98. The molecule has 3 aromatic rings. The van der Waals surface area contributed by atoms with Crippen molar-refractivity contribution in [2.75, 3.05) is 18.4 Å². The molecule has 1 aliphatic rings. The monoisotopic (exact) mass is 473 g/mol. The first-order chi connectivity index (χ1) is 15.3. The van der Waals surface area contributed by atoms with Gasteiger partial charge in [0.15, 0.2) is 0 Å². The van der Waals surface area contributed by atoms with Crippen molar-refractivity contribution in [2.45, 2.75) is 31.2 Å². The second-order valence-corrected chi connectivity index (χ2v) is 10.1. The number of aromatic nitrogens is 3. The fourth-order valence-electron chi connectivity index (χ4n) is 3.84. The second kappa shape index (κ2) is 9.40. The number of carbonyl (C=O) groups excluding carboxylic acids is 1. The molecule has 32 heavy (non-hydrogen) atoms. The van der Waals surface area contributed by atoms with Crippen LogP contribution in [0.25, 0.3) is 0 Å². The molecule has 0 unspecified atom stereocenters. The number of rotatable bonds is 6. The van der Waals surface area contributed by atoms with Gasteiger partial charge in [0.2, 0.25) is 15.9 Å². The molecule has 4 rings (SSSR count). The maximum Gasteiger partial charge on any atom is 0.246 e. The first kappa shape index (κ1) is 22.4. The van der Waals surface area contributed by atoms with Gasteiger partial charge in [0.05, 0.1) is 12.7 Å². The highest BCUT2D eigenvalue weighted by atomic mass is 35.5. The Balaban J connectivity index is 1.38. The van der Waals surface area contributed by atoms with Gasteiger partial charge in [0, 0.05) is 31.3 Å². The third kappa shape index (κ3) is 4.85. The molecule has 0 atom stereocenters. The van der Waals surface area contributed by atoms with Gasteiger partial charge >= 0.3 is 0 Å². The standard InChI is InChI=1S/C22H24ClN5O3S/c1-16-4-2-5-17(14-16)15-28-20(7-11-25-28)26-22(29)18-8-12-27(13-9-18)32(30,31)19-6-3-10-24-21(19)23/h2-7,10-11,14,18H,8-9,12-13,15H2,1H3,(H,26,29). The van der Waals surface area contributed by atoms with Gasteiger partial charge in [0.25, 0.3) is 0 Å². The summed E-state index contributed by atoms with van der Waals surface area (Å²) in [5.74, 6) is 0.203. The molecule has 0 radical (unpaired) electrons. The number of sulfonamides is 1. The molecular weight excluding hydrogens is 450 g/mol. The van der Waals surface area contributed by atoms with E-state index in [0.717, 1.165) is 11.1 Å². The Labute approximate surface area is 192 Å². The summed E-state index contributed by atoms with van der Waals surface area (Å²) in [7, 11) is -3.74. The molecule has 0 spiro atoms. The van der Waals surface area contributed by atoms with Crippen LogP contribution in [0.2, 0.25) is 5.15 Å². The van der Waals surface area contributed by atoms with Crippen molar-refractivity contribution in [1.82, 2.24) is 19.1 Å². The lowest BCUT2D eigenvalue weighted by Gasteiger charge is -2.30. The van der Waals surface area contributed by atoms with E-state index in [4.69, 9.17) is 11.6 Å². The number of nitrogens with one attached hydrogen (secondary N) is 1. The molecule has 1 N–H and O–H groups in total. The molecule has 0 saturated carbocycles. The lowest BCUT2D eigenvalue weighted by molar-refractivity contribution is -0.121. The van der Waals surface area contributed by atoms with Gasteiger partial charge in [-0.3, -0.25) is 4.79 Å². The van der Waals surface area contributed by atoms with Gasteiger partial charge in [-0.1, -0.05) is 41.4 Å². The van der Waals surface area contributed by atoms with Gasteiger partial charge in [-0.05, 0) is 37.5 Å². The molecule has 8 nitrogen and oxygen atoms in total. The van der Waals surface area contributed by atoms with Crippen LogP contribution >= 0.6 is 11.6 Å². The Morgan fingerprint density at radius 2 is 1.94 bits per heavy atom. The zero-order valence-corrected chi connectivity index (χ0v) is 19.2. The fraction of sp³-hybridized carbons (Fsp3) is 0.318. The van der Waals surface area contributed by atoms with E-state index in [1.54, 1.807) is 23.0 Å². The van der Waals surface area contributed by atoms with Crippen molar-refractivity contribution in [2.24, 2.45) is 5.92 Å². The summed E-state index contributed by atoms with van der Waals surface area (Å²) in [5.41, 5.74) is 2.26. The van der Waals surface area contributed by atoms with Crippen LogP contribution in [0.4, 0.5) is 5.82 Å². The summed E-state index contributed by atoms with van der Waals surface area (Å²) in [6.45, 7) is 3.07. The van der Waals surface area contributed by atoms with Gasteiger partial charge in [-0.15, -0.1) is 0 Å². The molecule has 1 amide bonds. The zero-order chi connectivity index (χ0) is 22.7. The van der Waals surface area contributed by atoms with Crippen LogP contribution in [0.15, 0.2) is 59.8 Å². The molecule has 1 aliphatic heterocycles. The molecule has 0 bridgehead atoms. The number of pyridine rings is 1. The first-order valence-corrected chi connectivity index (χ1v) is 12.2. The number of piperidine rings is 1. The van der Waals surface area contributed by atoms with Gasteiger partial charge in [0.1, 0.15) is 15.9 Å². The predicted molar refractivity (Wildman–Crippen MR) is 122 cm³/mol. The Kier molecular flexibility index (Phi) is 6.59. The van der Waals surface area contributed by atoms with Crippen molar-refractivity contribution in [3.8, 4) is 0 Å². The highest BCUT2D eigenvalue weighted by Crippen LogP contribution is 2.27. The molecule has 1 aromatic carbocycles. The zero-order valence-electron chi connectivity index (χ0n) is 17.6. The number of aryl methyl sites for hydroxylation is 1. The average Bonchev–Trinajstić information content (AvgIpc) is 3.20. The molecule has 1 fully saturated rings. The van der Waals surface area contributed by atoms with Crippen LogP contribution in [-0.2, 0) is 21.4 Å². The topological polar surface area (TPSA) is 97.2 Å². The van der Waals surface area contributed by atoms with Crippen molar-refractivity contribution in [3.05, 3.63) is 71.1 Å². The molecular formula is C22H24ClN5O3S. The van der Waals surface area contributed by atoms with Crippen LogP contribution in [-0.4, -0.2) is 46.5 Å². The molecule has 1 saturated heterocycles. The number of benzene rings is 1. The number of anilines is 1. The van der Waals surface area contributed by atoms with Gasteiger partial charge < -0.3 is 5.32 Å². The Morgan fingerprint density at radius 3 is 2.66 bits per heavy atom. The largest absolute Gasteiger partial charge is 0.311 e. The number of hydrogen-bond acceptors (Lipinski definition) is 5. The third-order valence-corrected chi connectivity index (χ3v) is 7.89. The van der Waals surface area contributed by atoms with E-state index < -0.39 is 10.0 Å². The van der Waals surface area contributed by atoms with Crippen molar-refractivity contribution < 1.29 is 13.2 Å². The number of amides is 1. The maximum absolute atomic E-state index is 12.9. The van der Waals surface area contributed by atoms with Gasteiger partial charge in [-0.25, -0.2) is 18.1 Å². The van der Waals surface area contributed by atoms with E-state index in [0.29, 0.717) is 25.2 Å². The molecule has 168 valence electrons. The summed E-state index contributed by atoms with van der Waals surface area (Å²) in [4.78, 5) is 16.7. The predicted octanol–water partition coefficient (Wildman–Crippen LogP) is 3.33. The maximum atomic E-state index is 12.9. The lowest BCUT2D eigenvalue weighted by atomic mass is 9.97. The van der Waals surface area contributed by atoms with Crippen molar-refractivity contribution in [1.29, 1.82) is 0 Å². The normalized spacial score (nSPS) is 15.6. The van der Waals surface area contributed by atoms with Crippen LogP contribution in [0.1, 0.15) is 24.0 Å². The summed E-state index contributed by atoms with van der Waals surface area (Å²) < 4.78 is 28.9. The van der Waals surface area contributed by atoms with Crippen LogP contribution in [0.5, 0.6) is 0 Å². The fourth-order valence-corrected chi connectivity index (χ4v) is 5.74. The number of carbonyl (C=O) groups is 1.